The molecular weight excluding hydrogens is 410 g/mol. The molecule has 1 aliphatic heterocycles. The zero-order valence-corrected chi connectivity index (χ0v) is 19.4. The van der Waals surface area contributed by atoms with Crippen molar-refractivity contribution in [1.82, 2.24) is 15.2 Å². The Kier molecular flexibility index (Phi) is 8.09. The van der Waals surface area contributed by atoms with Crippen LogP contribution in [0.1, 0.15) is 31.0 Å². The van der Waals surface area contributed by atoms with E-state index in [2.05, 4.69) is 34.3 Å². The highest BCUT2D eigenvalue weighted by atomic mass is 16.5. The summed E-state index contributed by atoms with van der Waals surface area (Å²) in [6.45, 7) is 6.92. The normalized spacial score (nSPS) is 16.3. The van der Waals surface area contributed by atoms with Crippen LogP contribution in [0.5, 0.6) is 5.75 Å². The Morgan fingerprint density at radius 2 is 1.85 bits per heavy atom. The standard InChI is InChI=1S/C28H33N3O2/c1-22-6-5-15-31(21-22)16-17-33-27-13-10-24(11-14-27)25-9-12-26(29-20-25)18-28(32)30-19-23-7-3-2-4-8-23/h2-4,7-14,20,22H,5-6,15-19,21H2,1H3,(H,30,32). The van der Waals surface area contributed by atoms with Gasteiger partial charge in [-0.15, -0.1) is 0 Å². The lowest BCUT2D eigenvalue weighted by Gasteiger charge is -2.30. The molecule has 1 amide bonds. The number of rotatable bonds is 9. The Morgan fingerprint density at radius 1 is 1.06 bits per heavy atom. The van der Waals surface area contributed by atoms with Crippen LogP contribution in [0.4, 0.5) is 0 Å². The zero-order chi connectivity index (χ0) is 22.9. The van der Waals surface area contributed by atoms with Crippen LogP contribution in [-0.2, 0) is 17.8 Å². The van der Waals surface area contributed by atoms with Gasteiger partial charge in [-0.2, -0.15) is 0 Å². The van der Waals surface area contributed by atoms with Crippen molar-refractivity contribution >= 4 is 5.91 Å². The van der Waals surface area contributed by atoms with Crippen LogP contribution < -0.4 is 10.1 Å². The molecule has 0 radical (unpaired) electrons. The predicted molar refractivity (Wildman–Crippen MR) is 132 cm³/mol. The minimum absolute atomic E-state index is 0.0281. The van der Waals surface area contributed by atoms with Gasteiger partial charge in [0.15, 0.2) is 0 Å². The van der Waals surface area contributed by atoms with Crippen molar-refractivity contribution in [2.45, 2.75) is 32.7 Å². The first-order valence-electron chi connectivity index (χ1n) is 11.9. The Balaban J connectivity index is 1.23. The number of hydrogen-bond acceptors (Lipinski definition) is 4. The lowest BCUT2D eigenvalue weighted by molar-refractivity contribution is -0.120. The molecule has 2 heterocycles. The van der Waals surface area contributed by atoms with Crippen molar-refractivity contribution in [3.63, 3.8) is 0 Å². The second kappa shape index (κ2) is 11.6. The highest BCUT2D eigenvalue weighted by Crippen LogP contribution is 2.22. The molecule has 0 aliphatic carbocycles. The molecule has 5 nitrogen and oxygen atoms in total. The van der Waals surface area contributed by atoms with Crippen molar-refractivity contribution in [3.8, 4) is 16.9 Å². The number of ether oxygens (including phenoxy) is 1. The number of benzene rings is 2. The van der Waals surface area contributed by atoms with Crippen molar-refractivity contribution < 1.29 is 9.53 Å². The number of nitrogens with zero attached hydrogens (tertiary/aromatic N) is 2. The Bertz CT molecular complexity index is 1000. The molecule has 1 fully saturated rings. The van der Waals surface area contributed by atoms with E-state index in [0.29, 0.717) is 13.2 Å². The number of piperidine rings is 1. The van der Waals surface area contributed by atoms with Gasteiger partial charge in [-0.1, -0.05) is 55.5 Å². The average Bonchev–Trinajstić information content (AvgIpc) is 2.84. The molecule has 1 saturated heterocycles. The van der Waals surface area contributed by atoms with Crippen molar-refractivity contribution in [1.29, 1.82) is 0 Å². The minimum atomic E-state index is -0.0281. The number of hydrogen-bond donors (Lipinski definition) is 1. The number of nitrogens with one attached hydrogen (secondary N) is 1. The zero-order valence-electron chi connectivity index (χ0n) is 19.4. The van der Waals surface area contributed by atoms with E-state index in [0.717, 1.165) is 40.6 Å². The largest absolute Gasteiger partial charge is 0.492 e. The molecule has 1 aliphatic rings. The number of carbonyl (C=O) groups excluding carboxylic acids is 1. The molecule has 5 heteroatoms. The van der Waals surface area contributed by atoms with Gasteiger partial charge < -0.3 is 10.1 Å². The maximum atomic E-state index is 12.2. The SMILES string of the molecule is CC1CCCN(CCOc2ccc(-c3ccc(CC(=O)NCc4ccccc4)nc3)cc2)C1. The summed E-state index contributed by atoms with van der Waals surface area (Å²) in [6.07, 6.45) is 4.74. The van der Waals surface area contributed by atoms with E-state index in [-0.39, 0.29) is 12.3 Å². The van der Waals surface area contributed by atoms with Crippen LogP contribution in [0.15, 0.2) is 72.9 Å². The van der Waals surface area contributed by atoms with Crippen molar-refractivity contribution in [3.05, 3.63) is 84.2 Å². The Labute approximate surface area is 196 Å². The summed E-state index contributed by atoms with van der Waals surface area (Å²) in [5, 5.41) is 2.94. The monoisotopic (exact) mass is 443 g/mol. The van der Waals surface area contributed by atoms with Crippen LogP contribution >= 0.6 is 0 Å². The molecule has 1 unspecified atom stereocenters. The van der Waals surface area contributed by atoms with Crippen molar-refractivity contribution in [2.24, 2.45) is 5.92 Å². The van der Waals surface area contributed by atoms with E-state index in [1.807, 2.05) is 60.8 Å². The third-order valence-corrected chi connectivity index (χ3v) is 6.10. The van der Waals surface area contributed by atoms with Gasteiger partial charge in [0.2, 0.25) is 5.91 Å². The topological polar surface area (TPSA) is 54.5 Å². The maximum Gasteiger partial charge on any atom is 0.226 e. The molecule has 1 N–H and O–H groups in total. The van der Waals surface area contributed by atoms with Crippen LogP contribution in [0.2, 0.25) is 0 Å². The summed E-state index contributed by atoms with van der Waals surface area (Å²) in [7, 11) is 0. The van der Waals surface area contributed by atoms with E-state index in [4.69, 9.17) is 4.74 Å². The lowest BCUT2D eigenvalue weighted by Crippen LogP contribution is -2.37. The third kappa shape index (κ3) is 7.16. The summed E-state index contributed by atoms with van der Waals surface area (Å²) in [5.41, 5.74) is 3.95. The molecule has 3 aromatic rings. The molecular formula is C28H33N3O2. The van der Waals surface area contributed by atoms with Gasteiger partial charge in [-0.05, 0) is 54.6 Å². The first kappa shape index (κ1) is 23.0. The summed E-state index contributed by atoms with van der Waals surface area (Å²) >= 11 is 0. The molecule has 0 bridgehead atoms. The second-order valence-electron chi connectivity index (χ2n) is 8.90. The van der Waals surface area contributed by atoms with Gasteiger partial charge in [-0.3, -0.25) is 14.7 Å². The Morgan fingerprint density at radius 3 is 2.58 bits per heavy atom. The summed E-state index contributed by atoms with van der Waals surface area (Å²) in [6, 6.07) is 22.0. The van der Waals surface area contributed by atoms with E-state index >= 15 is 0 Å². The van der Waals surface area contributed by atoms with Gasteiger partial charge in [0.05, 0.1) is 6.42 Å². The van der Waals surface area contributed by atoms with Crippen LogP contribution in [0, 0.1) is 5.92 Å². The molecule has 0 spiro atoms. The molecule has 1 atom stereocenters. The van der Waals surface area contributed by atoms with Crippen LogP contribution in [0.25, 0.3) is 11.1 Å². The van der Waals surface area contributed by atoms with Crippen LogP contribution in [0.3, 0.4) is 0 Å². The molecule has 1 aromatic heterocycles. The fourth-order valence-electron chi connectivity index (χ4n) is 4.25. The first-order valence-corrected chi connectivity index (χ1v) is 11.9. The maximum absolute atomic E-state index is 12.2. The van der Waals surface area contributed by atoms with Gasteiger partial charge >= 0.3 is 0 Å². The first-order chi connectivity index (χ1) is 16.2. The highest BCUT2D eigenvalue weighted by Gasteiger charge is 2.15. The molecule has 2 aromatic carbocycles. The summed E-state index contributed by atoms with van der Waals surface area (Å²) in [5.74, 6) is 1.66. The van der Waals surface area contributed by atoms with Gasteiger partial charge in [-0.25, -0.2) is 0 Å². The fourth-order valence-corrected chi connectivity index (χ4v) is 4.25. The average molecular weight is 444 g/mol. The number of carbonyl (C=O) groups is 1. The van der Waals surface area contributed by atoms with Crippen molar-refractivity contribution in [2.75, 3.05) is 26.2 Å². The smallest absolute Gasteiger partial charge is 0.226 e. The van der Waals surface area contributed by atoms with E-state index in [1.54, 1.807) is 0 Å². The fraction of sp³-hybridized carbons (Fsp3) is 0.357. The molecule has 172 valence electrons. The van der Waals surface area contributed by atoms with Gasteiger partial charge in [0.1, 0.15) is 12.4 Å². The predicted octanol–water partition coefficient (Wildman–Crippen LogP) is 4.72. The third-order valence-electron chi connectivity index (χ3n) is 6.10. The highest BCUT2D eigenvalue weighted by molar-refractivity contribution is 5.78. The van der Waals surface area contributed by atoms with Gasteiger partial charge in [0.25, 0.3) is 0 Å². The molecule has 33 heavy (non-hydrogen) atoms. The van der Waals surface area contributed by atoms with E-state index in [9.17, 15) is 4.79 Å². The Hall–Kier alpha value is -3.18. The van der Waals surface area contributed by atoms with Gasteiger partial charge in [0, 0.05) is 37.1 Å². The number of likely N-dealkylation sites (tertiary alicyclic amines) is 1. The minimum Gasteiger partial charge on any atom is -0.492 e. The summed E-state index contributed by atoms with van der Waals surface area (Å²) in [4.78, 5) is 19.2. The second-order valence-corrected chi connectivity index (χ2v) is 8.90. The molecule has 4 rings (SSSR count). The number of amides is 1. The molecule has 0 saturated carbocycles. The van der Waals surface area contributed by atoms with E-state index < -0.39 is 0 Å². The number of aromatic nitrogens is 1. The lowest BCUT2D eigenvalue weighted by atomic mass is 10.0. The number of pyridine rings is 1. The van der Waals surface area contributed by atoms with E-state index in [1.165, 1.54) is 25.9 Å². The summed E-state index contributed by atoms with van der Waals surface area (Å²) < 4.78 is 5.95. The van der Waals surface area contributed by atoms with Crippen LogP contribution in [-0.4, -0.2) is 42.0 Å². The quantitative estimate of drug-likeness (QED) is 0.520.